The molecule has 3 rings (SSSR count). The van der Waals surface area contributed by atoms with Gasteiger partial charge < -0.3 is 10.6 Å². The molecule has 3 nitrogen and oxygen atoms in total. The molecule has 1 unspecified atom stereocenters. The van der Waals surface area contributed by atoms with Crippen LogP contribution < -0.4 is 10.6 Å². The van der Waals surface area contributed by atoms with Gasteiger partial charge in [0.15, 0.2) is 5.96 Å². The van der Waals surface area contributed by atoms with E-state index in [9.17, 15) is 0 Å². The summed E-state index contributed by atoms with van der Waals surface area (Å²) in [6, 6.07) is 1.00. The van der Waals surface area contributed by atoms with E-state index in [4.69, 9.17) is 11.6 Å². The predicted octanol–water partition coefficient (Wildman–Crippen LogP) is 3.08. The van der Waals surface area contributed by atoms with E-state index in [2.05, 4.69) is 15.6 Å². The van der Waals surface area contributed by atoms with Crippen LogP contribution in [0.4, 0.5) is 5.69 Å². The number of halogens is 1. The van der Waals surface area contributed by atoms with Gasteiger partial charge >= 0.3 is 0 Å². The van der Waals surface area contributed by atoms with Gasteiger partial charge in [-0.15, -0.1) is 11.3 Å². The largest absolute Gasteiger partial charge is 0.351 e. The van der Waals surface area contributed by atoms with Crippen LogP contribution in [0, 0.1) is 0 Å². The summed E-state index contributed by atoms with van der Waals surface area (Å²) >= 11 is 7.63. The maximum Gasteiger partial charge on any atom is 0.196 e. The fourth-order valence-electron chi connectivity index (χ4n) is 2.38. The molecule has 0 spiro atoms. The lowest BCUT2D eigenvalue weighted by atomic mass is 9.92. The van der Waals surface area contributed by atoms with Gasteiger partial charge in [0.2, 0.25) is 0 Å². The summed E-state index contributed by atoms with van der Waals surface area (Å²) in [6.07, 6.45) is 5.06. The standard InChI is InChI=1S/C11H14ClN3S/c12-7-5-16-6-10(7)15-11-13-8-3-1-2-4-9(8)14-11/h5-6,8-9H,1-4H2,(H2,13,14,15)/t8-,9?/m0/s1. The monoisotopic (exact) mass is 255 g/mol. The van der Waals surface area contributed by atoms with Crippen molar-refractivity contribution >= 4 is 34.6 Å². The van der Waals surface area contributed by atoms with E-state index in [1.54, 1.807) is 11.3 Å². The average Bonchev–Trinajstić information content (AvgIpc) is 2.85. The molecule has 5 heteroatoms. The van der Waals surface area contributed by atoms with Crippen LogP contribution >= 0.6 is 22.9 Å². The van der Waals surface area contributed by atoms with Crippen LogP contribution in [0.25, 0.3) is 0 Å². The molecule has 2 heterocycles. The molecule has 0 bridgehead atoms. The third kappa shape index (κ3) is 1.92. The summed E-state index contributed by atoms with van der Waals surface area (Å²) in [4.78, 5) is 4.67. The topological polar surface area (TPSA) is 36.4 Å². The normalized spacial score (nSPS) is 28.2. The highest BCUT2D eigenvalue weighted by Crippen LogP contribution is 2.28. The second-order valence-electron chi connectivity index (χ2n) is 4.34. The van der Waals surface area contributed by atoms with E-state index < -0.39 is 0 Å². The molecule has 1 aromatic rings. The zero-order valence-corrected chi connectivity index (χ0v) is 10.4. The fraction of sp³-hybridized carbons (Fsp3) is 0.545. The molecule has 2 aliphatic rings. The third-order valence-corrected chi connectivity index (χ3v) is 4.40. The molecular weight excluding hydrogens is 242 g/mol. The maximum atomic E-state index is 6.04. The number of nitrogens with zero attached hydrogens (tertiary/aromatic N) is 1. The highest BCUT2D eigenvalue weighted by Gasteiger charge is 2.30. The summed E-state index contributed by atoms with van der Waals surface area (Å²) < 4.78 is 0. The Hall–Kier alpha value is -0.740. The number of guanidine groups is 1. The minimum absolute atomic E-state index is 0.466. The molecule has 0 saturated heterocycles. The van der Waals surface area contributed by atoms with Crippen molar-refractivity contribution in [3.8, 4) is 0 Å². The number of anilines is 1. The zero-order chi connectivity index (χ0) is 11.0. The summed E-state index contributed by atoms with van der Waals surface area (Å²) in [5.74, 6) is 0.886. The summed E-state index contributed by atoms with van der Waals surface area (Å²) in [6.45, 7) is 0. The van der Waals surface area contributed by atoms with Crippen molar-refractivity contribution in [2.45, 2.75) is 37.8 Å². The van der Waals surface area contributed by atoms with Crippen molar-refractivity contribution in [3.05, 3.63) is 15.8 Å². The molecule has 2 N–H and O–H groups in total. The van der Waals surface area contributed by atoms with Gasteiger partial charge in [0.25, 0.3) is 0 Å². The first-order valence-corrected chi connectivity index (χ1v) is 6.98. The summed E-state index contributed by atoms with van der Waals surface area (Å²) in [5, 5.41) is 11.4. The van der Waals surface area contributed by atoms with Crippen molar-refractivity contribution in [2.75, 3.05) is 5.32 Å². The van der Waals surface area contributed by atoms with E-state index in [0.717, 1.165) is 16.7 Å². The summed E-state index contributed by atoms with van der Waals surface area (Å²) in [7, 11) is 0. The Labute approximate surface area is 104 Å². The van der Waals surface area contributed by atoms with Crippen LogP contribution in [0.5, 0.6) is 0 Å². The van der Waals surface area contributed by atoms with Crippen molar-refractivity contribution < 1.29 is 0 Å². The lowest BCUT2D eigenvalue weighted by Crippen LogP contribution is -2.38. The molecule has 1 fully saturated rings. The number of rotatable bonds is 1. The molecule has 1 saturated carbocycles. The van der Waals surface area contributed by atoms with Crippen molar-refractivity contribution in [3.63, 3.8) is 0 Å². The first-order valence-electron chi connectivity index (χ1n) is 5.66. The van der Waals surface area contributed by atoms with Crippen LogP contribution in [-0.4, -0.2) is 18.0 Å². The Morgan fingerprint density at radius 2 is 2.25 bits per heavy atom. The summed E-state index contributed by atoms with van der Waals surface area (Å²) in [5.41, 5.74) is 0.955. The molecule has 2 atom stereocenters. The molecule has 16 heavy (non-hydrogen) atoms. The minimum Gasteiger partial charge on any atom is -0.351 e. The SMILES string of the molecule is Clc1cscc1NC1=N[C@H]2CCCCC2N1. The highest BCUT2D eigenvalue weighted by molar-refractivity contribution is 7.09. The Morgan fingerprint density at radius 1 is 1.38 bits per heavy atom. The van der Waals surface area contributed by atoms with Crippen LogP contribution in [0.15, 0.2) is 15.8 Å². The zero-order valence-electron chi connectivity index (χ0n) is 8.87. The molecule has 1 aliphatic carbocycles. The quantitative estimate of drug-likeness (QED) is 0.809. The number of nitrogens with one attached hydrogen (secondary N) is 2. The Bertz CT molecular complexity index is 415. The maximum absolute atomic E-state index is 6.04. The first-order chi connectivity index (χ1) is 7.83. The average molecular weight is 256 g/mol. The van der Waals surface area contributed by atoms with E-state index in [1.165, 1.54) is 25.7 Å². The number of aliphatic imine (C=N–C) groups is 1. The van der Waals surface area contributed by atoms with Crippen molar-refractivity contribution in [1.82, 2.24) is 5.32 Å². The van der Waals surface area contributed by atoms with Crippen LogP contribution in [0.2, 0.25) is 5.02 Å². The van der Waals surface area contributed by atoms with Gasteiger partial charge in [-0.05, 0) is 12.8 Å². The van der Waals surface area contributed by atoms with Gasteiger partial charge in [0.1, 0.15) is 0 Å². The molecule has 0 aromatic carbocycles. The second kappa shape index (κ2) is 4.26. The number of thiophene rings is 1. The van der Waals surface area contributed by atoms with Crippen LogP contribution in [-0.2, 0) is 0 Å². The molecule has 1 aliphatic heterocycles. The molecular formula is C11H14ClN3S. The lowest BCUT2D eigenvalue weighted by molar-refractivity contribution is 0.384. The second-order valence-corrected chi connectivity index (χ2v) is 5.49. The Morgan fingerprint density at radius 3 is 3.00 bits per heavy atom. The number of hydrogen-bond acceptors (Lipinski definition) is 4. The van der Waals surface area contributed by atoms with Crippen LogP contribution in [0.3, 0.4) is 0 Å². The number of fused-ring (bicyclic) bond motifs is 1. The van der Waals surface area contributed by atoms with Crippen LogP contribution in [0.1, 0.15) is 25.7 Å². The fourth-order valence-corrected chi connectivity index (χ4v) is 3.34. The van der Waals surface area contributed by atoms with Gasteiger partial charge in [0, 0.05) is 10.8 Å². The first kappa shape index (κ1) is 10.4. The third-order valence-electron chi connectivity index (χ3n) is 3.21. The van der Waals surface area contributed by atoms with E-state index >= 15 is 0 Å². The van der Waals surface area contributed by atoms with Gasteiger partial charge in [-0.3, -0.25) is 0 Å². The highest BCUT2D eigenvalue weighted by atomic mass is 35.5. The van der Waals surface area contributed by atoms with E-state index in [0.29, 0.717) is 12.1 Å². The minimum atomic E-state index is 0.466. The van der Waals surface area contributed by atoms with E-state index in [-0.39, 0.29) is 0 Å². The van der Waals surface area contributed by atoms with Gasteiger partial charge in [-0.2, -0.15) is 0 Å². The molecule has 86 valence electrons. The number of hydrogen-bond donors (Lipinski definition) is 2. The molecule has 0 amide bonds. The Kier molecular flexibility index (Phi) is 2.77. The van der Waals surface area contributed by atoms with Gasteiger partial charge in [-0.1, -0.05) is 24.4 Å². The predicted molar refractivity (Wildman–Crippen MR) is 69.6 cm³/mol. The van der Waals surface area contributed by atoms with Crippen molar-refractivity contribution in [1.29, 1.82) is 0 Å². The lowest BCUT2D eigenvalue weighted by Gasteiger charge is -2.23. The van der Waals surface area contributed by atoms with E-state index in [1.807, 2.05) is 10.8 Å². The Balaban J connectivity index is 1.71. The smallest absolute Gasteiger partial charge is 0.196 e. The van der Waals surface area contributed by atoms with Gasteiger partial charge in [0.05, 0.1) is 22.8 Å². The molecule has 1 aromatic heterocycles. The van der Waals surface area contributed by atoms with Crippen molar-refractivity contribution in [2.24, 2.45) is 4.99 Å². The molecule has 0 radical (unpaired) electrons. The van der Waals surface area contributed by atoms with Gasteiger partial charge in [-0.25, -0.2) is 4.99 Å².